The first-order chi connectivity index (χ1) is 4.74. The van der Waals surface area contributed by atoms with Gasteiger partial charge in [0.1, 0.15) is 0 Å². The highest BCUT2D eigenvalue weighted by molar-refractivity contribution is 5.02. The molecule has 0 aliphatic carbocycles. The summed E-state index contributed by atoms with van der Waals surface area (Å²) in [5.41, 5.74) is 6.34. The molecule has 4 nitrogen and oxygen atoms in total. The minimum Gasteiger partial charge on any atom is -0.403 e. The van der Waals surface area contributed by atoms with Gasteiger partial charge in [-0.05, 0) is 7.05 Å². The summed E-state index contributed by atoms with van der Waals surface area (Å²) in [6, 6.07) is 0. The Balaban J connectivity index is 2.54. The molecule has 0 spiro atoms. The van der Waals surface area contributed by atoms with Gasteiger partial charge in [-0.15, -0.1) is 0 Å². The van der Waals surface area contributed by atoms with Gasteiger partial charge < -0.3 is 10.7 Å². The Morgan fingerprint density at radius 2 is 2.20 bits per heavy atom. The fourth-order valence-electron chi connectivity index (χ4n) is 1.02. The SMILES string of the molecule is CN1CCN(N)/C(=C\N)C1. The largest absolute Gasteiger partial charge is 0.403 e. The zero-order chi connectivity index (χ0) is 7.56. The van der Waals surface area contributed by atoms with E-state index in [2.05, 4.69) is 11.9 Å². The summed E-state index contributed by atoms with van der Waals surface area (Å²) in [7, 11) is 2.05. The molecule has 0 aromatic carbocycles. The van der Waals surface area contributed by atoms with E-state index in [0.29, 0.717) is 0 Å². The summed E-state index contributed by atoms with van der Waals surface area (Å²) in [4.78, 5) is 2.18. The number of piperazine rings is 1. The summed E-state index contributed by atoms with van der Waals surface area (Å²) >= 11 is 0. The number of rotatable bonds is 0. The van der Waals surface area contributed by atoms with E-state index in [1.807, 2.05) is 0 Å². The standard InChI is InChI=1S/C6H14N4/c1-9-2-3-10(8)6(4-7)5-9/h4H,2-3,5,7-8H2,1H3/b6-4-. The first-order valence-electron chi connectivity index (χ1n) is 3.35. The lowest BCUT2D eigenvalue weighted by atomic mass is 10.3. The predicted octanol–water partition coefficient (Wildman–Crippen LogP) is -1.09. The van der Waals surface area contributed by atoms with Gasteiger partial charge in [-0.2, -0.15) is 0 Å². The van der Waals surface area contributed by atoms with Crippen molar-refractivity contribution >= 4 is 0 Å². The maximum absolute atomic E-state index is 5.61. The lowest BCUT2D eigenvalue weighted by Gasteiger charge is -2.32. The lowest BCUT2D eigenvalue weighted by Crippen LogP contribution is -2.46. The lowest BCUT2D eigenvalue weighted by molar-refractivity contribution is 0.205. The third kappa shape index (κ3) is 1.40. The molecule has 0 atom stereocenters. The maximum atomic E-state index is 5.61. The zero-order valence-corrected chi connectivity index (χ0v) is 6.25. The van der Waals surface area contributed by atoms with Crippen LogP contribution in [0.2, 0.25) is 0 Å². The summed E-state index contributed by atoms with van der Waals surface area (Å²) < 4.78 is 0. The molecule has 1 rings (SSSR count). The monoisotopic (exact) mass is 142 g/mol. The normalized spacial score (nSPS) is 25.8. The first-order valence-corrected chi connectivity index (χ1v) is 3.35. The van der Waals surface area contributed by atoms with Gasteiger partial charge in [0.15, 0.2) is 0 Å². The van der Waals surface area contributed by atoms with Gasteiger partial charge in [-0.25, -0.2) is 5.84 Å². The number of nitrogens with zero attached hydrogens (tertiary/aromatic N) is 2. The van der Waals surface area contributed by atoms with Gasteiger partial charge in [-0.3, -0.25) is 4.90 Å². The summed E-state index contributed by atoms with van der Waals surface area (Å²) in [5, 5.41) is 1.69. The van der Waals surface area contributed by atoms with E-state index >= 15 is 0 Å². The van der Waals surface area contributed by atoms with Gasteiger partial charge in [0.05, 0.1) is 5.70 Å². The van der Waals surface area contributed by atoms with Crippen molar-refractivity contribution in [2.24, 2.45) is 11.6 Å². The topological polar surface area (TPSA) is 58.5 Å². The van der Waals surface area contributed by atoms with Crippen LogP contribution in [0, 0.1) is 0 Å². The molecule has 1 aliphatic rings. The molecule has 58 valence electrons. The molecule has 4 heteroatoms. The van der Waals surface area contributed by atoms with Crippen molar-refractivity contribution in [3.8, 4) is 0 Å². The van der Waals surface area contributed by atoms with Crippen molar-refractivity contribution in [1.82, 2.24) is 9.91 Å². The average Bonchev–Trinajstić information content (AvgIpc) is 1.94. The zero-order valence-electron chi connectivity index (χ0n) is 6.25. The Morgan fingerprint density at radius 1 is 1.50 bits per heavy atom. The number of hydrogen-bond acceptors (Lipinski definition) is 4. The van der Waals surface area contributed by atoms with Gasteiger partial charge in [0.25, 0.3) is 0 Å². The van der Waals surface area contributed by atoms with Gasteiger partial charge in [0.2, 0.25) is 0 Å². The molecule has 4 N–H and O–H groups in total. The van der Waals surface area contributed by atoms with E-state index < -0.39 is 0 Å². The fraction of sp³-hybridized carbons (Fsp3) is 0.667. The van der Waals surface area contributed by atoms with Crippen molar-refractivity contribution in [3.05, 3.63) is 11.9 Å². The number of likely N-dealkylation sites (N-methyl/N-ethyl adjacent to an activating group) is 1. The van der Waals surface area contributed by atoms with Gasteiger partial charge in [-0.1, -0.05) is 0 Å². The quantitative estimate of drug-likeness (QED) is 0.422. The van der Waals surface area contributed by atoms with E-state index in [1.165, 1.54) is 0 Å². The van der Waals surface area contributed by atoms with Crippen LogP contribution >= 0.6 is 0 Å². The van der Waals surface area contributed by atoms with E-state index in [4.69, 9.17) is 11.6 Å². The molecule has 0 aromatic rings. The molecule has 1 saturated heterocycles. The van der Waals surface area contributed by atoms with E-state index in [-0.39, 0.29) is 0 Å². The van der Waals surface area contributed by atoms with Crippen LogP contribution in [-0.2, 0) is 0 Å². The van der Waals surface area contributed by atoms with E-state index in [0.717, 1.165) is 25.3 Å². The number of hydrazine groups is 1. The second-order valence-electron chi connectivity index (χ2n) is 2.59. The van der Waals surface area contributed by atoms with Crippen LogP contribution < -0.4 is 11.6 Å². The van der Waals surface area contributed by atoms with Crippen molar-refractivity contribution in [1.29, 1.82) is 0 Å². The minimum atomic E-state index is 0.854. The third-order valence-corrected chi connectivity index (χ3v) is 1.72. The molecule has 0 aromatic heterocycles. The van der Waals surface area contributed by atoms with Crippen LogP contribution in [0.15, 0.2) is 11.9 Å². The van der Waals surface area contributed by atoms with Crippen LogP contribution in [0.5, 0.6) is 0 Å². The smallest absolute Gasteiger partial charge is 0.0586 e. The molecule has 0 unspecified atom stereocenters. The second-order valence-corrected chi connectivity index (χ2v) is 2.59. The highest BCUT2D eigenvalue weighted by Crippen LogP contribution is 2.04. The molecule has 1 heterocycles. The highest BCUT2D eigenvalue weighted by Gasteiger charge is 2.14. The van der Waals surface area contributed by atoms with Crippen LogP contribution in [0.1, 0.15) is 0 Å². The molecule has 0 amide bonds. The molecule has 0 bridgehead atoms. The summed E-state index contributed by atoms with van der Waals surface area (Å²) in [6.07, 6.45) is 1.57. The number of hydrogen-bond donors (Lipinski definition) is 2. The van der Waals surface area contributed by atoms with Crippen molar-refractivity contribution < 1.29 is 0 Å². The molecule has 1 aliphatic heterocycles. The van der Waals surface area contributed by atoms with E-state index in [1.54, 1.807) is 11.2 Å². The number of nitrogens with two attached hydrogens (primary N) is 2. The third-order valence-electron chi connectivity index (χ3n) is 1.72. The first kappa shape index (κ1) is 7.37. The Morgan fingerprint density at radius 3 is 2.70 bits per heavy atom. The van der Waals surface area contributed by atoms with Gasteiger partial charge >= 0.3 is 0 Å². The Kier molecular flexibility index (Phi) is 2.13. The van der Waals surface area contributed by atoms with Crippen LogP contribution in [0.4, 0.5) is 0 Å². The molecule has 0 saturated carbocycles. The van der Waals surface area contributed by atoms with Crippen LogP contribution in [0.25, 0.3) is 0 Å². The Hall–Kier alpha value is -0.740. The summed E-state index contributed by atoms with van der Waals surface area (Å²) in [6.45, 7) is 2.72. The van der Waals surface area contributed by atoms with Crippen molar-refractivity contribution in [3.63, 3.8) is 0 Å². The van der Waals surface area contributed by atoms with E-state index in [9.17, 15) is 0 Å². The van der Waals surface area contributed by atoms with Crippen molar-refractivity contribution in [2.45, 2.75) is 0 Å². The fourth-order valence-corrected chi connectivity index (χ4v) is 1.02. The highest BCUT2D eigenvalue weighted by atomic mass is 15.4. The molecule has 10 heavy (non-hydrogen) atoms. The molecule has 1 fully saturated rings. The second kappa shape index (κ2) is 2.90. The van der Waals surface area contributed by atoms with Crippen molar-refractivity contribution in [2.75, 3.05) is 26.7 Å². The Bertz CT molecular complexity index is 143. The Labute approximate surface area is 61.0 Å². The summed E-state index contributed by atoms with van der Waals surface area (Å²) in [5.74, 6) is 5.61. The minimum absolute atomic E-state index is 0.854. The average molecular weight is 142 g/mol. The van der Waals surface area contributed by atoms with Crippen LogP contribution in [0.3, 0.4) is 0 Å². The predicted molar refractivity (Wildman–Crippen MR) is 40.7 cm³/mol. The van der Waals surface area contributed by atoms with Crippen LogP contribution in [-0.4, -0.2) is 36.6 Å². The maximum Gasteiger partial charge on any atom is 0.0586 e. The molecular weight excluding hydrogens is 128 g/mol. The molecule has 0 radical (unpaired) electrons. The van der Waals surface area contributed by atoms with Gasteiger partial charge in [0, 0.05) is 25.8 Å². The molecular formula is C6H14N4.